The Morgan fingerprint density at radius 3 is 2.91 bits per heavy atom. The summed E-state index contributed by atoms with van der Waals surface area (Å²) in [4.78, 5) is 27.2. The smallest absolute Gasteiger partial charge is 0.323 e. The minimum absolute atomic E-state index is 0.0824. The number of anilines is 2. The molecular weight excluding hydrogens is 418 g/mol. The highest BCUT2D eigenvalue weighted by Crippen LogP contribution is 2.47. The molecule has 0 radical (unpaired) electrons. The lowest BCUT2D eigenvalue weighted by molar-refractivity contribution is 0.454. The molecule has 0 amide bonds. The van der Waals surface area contributed by atoms with Gasteiger partial charge in [-0.1, -0.05) is 13.0 Å². The van der Waals surface area contributed by atoms with Crippen LogP contribution in [0.2, 0.25) is 0 Å². The molecule has 1 aliphatic heterocycles. The molecule has 7 rings (SSSR count). The number of nitrogens with one attached hydrogen (secondary N) is 2. The molecule has 4 heterocycles. The van der Waals surface area contributed by atoms with Crippen LogP contribution < -0.4 is 16.2 Å². The molecule has 2 fully saturated rings. The van der Waals surface area contributed by atoms with E-state index in [-0.39, 0.29) is 17.0 Å². The van der Waals surface area contributed by atoms with Crippen molar-refractivity contribution in [1.82, 2.24) is 29.6 Å². The average molecular weight is 444 g/mol. The van der Waals surface area contributed by atoms with Crippen molar-refractivity contribution in [1.29, 1.82) is 0 Å². The highest BCUT2D eigenvalue weighted by molar-refractivity contribution is 5.76. The zero-order valence-electron chi connectivity index (χ0n) is 18.5. The van der Waals surface area contributed by atoms with Gasteiger partial charge < -0.3 is 15.1 Å². The van der Waals surface area contributed by atoms with Crippen LogP contribution in [0.15, 0.2) is 39.9 Å². The van der Waals surface area contributed by atoms with E-state index in [0.717, 1.165) is 56.6 Å². The Bertz CT molecular complexity index is 1460. The fourth-order valence-corrected chi connectivity index (χ4v) is 4.66. The summed E-state index contributed by atoms with van der Waals surface area (Å²) in [5.74, 6) is 0.444. The first-order valence-corrected chi connectivity index (χ1v) is 11.7. The Balaban J connectivity index is 1.32. The summed E-state index contributed by atoms with van der Waals surface area (Å²) in [7, 11) is 0. The van der Waals surface area contributed by atoms with Gasteiger partial charge in [-0.15, -0.1) is 0 Å². The number of hydrogen-bond donors (Lipinski definition) is 2. The summed E-state index contributed by atoms with van der Waals surface area (Å²) in [5.41, 5.74) is 5.02. The van der Waals surface area contributed by atoms with Gasteiger partial charge in [-0.05, 0) is 61.9 Å². The maximum Gasteiger partial charge on any atom is 0.323 e. The van der Waals surface area contributed by atoms with Gasteiger partial charge in [-0.2, -0.15) is 14.6 Å². The number of nitrogens with zero attached hydrogens (tertiary/aromatic N) is 5. The Morgan fingerprint density at radius 1 is 1.21 bits per heavy atom. The molecule has 0 saturated heterocycles. The van der Waals surface area contributed by atoms with Crippen molar-refractivity contribution in [3.8, 4) is 6.01 Å². The van der Waals surface area contributed by atoms with E-state index >= 15 is 0 Å². The normalized spacial score (nSPS) is 18.9. The van der Waals surface area contributed by atoms with Crippen LogP contribution in [0, 0.1) is 0 Å². The molecule has 3 aliphatic rings. The van der Waals surface area contributed by atoms with E-state index < -0.39 is 0 Å². The molecule has 0 unspecified atom stereocenters. The molecule has 2 aliphatic carbocycles. The molecule has 0 atom stereocenters. The lowest BCUT2D eigenvalue weighted by Crippen LogP contribution is -2.23. The molecular formula is C24H25N7O2. The van der Waals surface area contributed by atoms with Gasteiger partial charge in [0.15, 0.2) is 5.65 Å². The molecule has 0 spiro atoms. The summed E-state index contributed by atoms with van der Waals surface area (Å²) >= 11 is 0. The summed E-state index contributed by atoms with van der Waals surface area (Å²) in [6.07, 6.45) is 8.46. The van der Waals surface area contributed by atoms with Gasteiger partial charge in [-0.25, -0.2) is 9.67 Å². The molecule has 9 nitrogen and oxygen atoms in total. The number of rotatable bonds is 5. The van der Waals surface area contributed by atoms with E-state index in [4.69, 9.17) is 14.4 Å². The van der Waals surface area contributed by atoms with Gasteiger partial charge in [0, 0.05) is 23.8 Å². The van der Waals surface area contributed by atoms with Crippen molar-refractivity contribution in [3.63, 3.8) is 0 Å². The van der Waals surface area contributed by atoms with E-state index in [1.54, 1.807) is 21.8 Å². The molecule has 4 aromatic rings. The number of oxazole rings is 1. The third-order valence-corrected chi connectivity index (χ3v) is 7.16. The van der Waals surface area contributed by atoms with E-state index in [1.165, 1.54) is 11.1 Å². The second-order valence-electron chi connectivity index (χ2n) is 9.73. The first kappa shape index (κ1) is 19.0. The van der Waals surface area contributed by atoms with Gasteiger partial charge in [-0.3, -0.25) is 4.79 Å². The van der Waals surface area contributed by atoms with Gasteiger partial charge in [0.25, 0.3) is 5.56 Å². The fourth-order valence-electron chi connectivity index (χ4n) is 4.66. The van der Waals surface area contributed by atoms with E-state index in [0.29, 0.717) is 23.0 Å². The Kier molecular flexibility index (Phi) is 3.91. The quantitative estimate of drug-likeness (QED) is 0.488. The fraction of sp³-hybridized carbons (Fsp3) is 0.417. The van der Waals surface area contributed by atoms with Gasteiger partial charge in [0.05, 0.1) is 11.7 Å². The summed E-state index contributed by atoms with van der Waals surface area (Å²) < 4.78 is 9.37. The minimum Gasteiger partial charge on any atom is -0.430 e. The van der Waals surface area contributed by atoms with Crippen molar-refractivity contribution >= 4 is 22.7 Å². The number of fused-ring (bicyclic) bond motifs is 2. The van der Waals surface area contributed by atoms with Gasteiger partial charge in [0.1, 0.15) is 11.6 Å². The standard InChI is InChI=1S/C24H25N7O2/c1-24(7-8-24)19-13-33-23(28-19)31-20-18(21(32)30(31)17-4-5-17)12-26-22(29-20)27-16-3-2-15-11-25-9-6-14(15)10-16/h2-3,10,12-13,17,25H,4-9,11H2,1H3,(H,26,27,29). The van der Waals surface area contributed by atoms with E-state index in [9.17, 15) is 4.79 Å². The molecule has 2 N–H and O–H groups in total. The van der Waals surface area contributed by atoms with Crippen LogP contribution in [0.5, 0.6) is 0 Å². The molecule has 168 valence electrons. The largest absolute Gasteiger partial charge is 0.430 e. The average Bonchev–Trinajstić information content (AvgIpc) is 3.74. The Labute approximate surface area is 189 Å². The zero-order valence-corrected chi connectivity index (χ0v) is 18.5. The first-order valence-electron chi connectivity index (χ1n) is 11.7. The molecule has 0 bridgehead atoms. The minimum atomic E-state index is -0.0993. The third kappa shape index (κ3) is 3.10. The first-order chi connectivity index (χ1) is 16.1. The van der Waals surface area contributed by atoms with Crippen LogP contribution >= 0.6 is 0 Å². The number of hydrogen-bond acceptors (Lipinski definition) is 7. The zero-order chi connectivity index (χ0) is 22.2. The Morgan fingerprint density at radius 2 is 2.09 bits per heavy atom. The lowest BCUT2D eigenvalue weighted by Gasteiger charge is -2.18. The summed E-state index contributed by atoms with van der Waals surface area (Å²) in [6, 6.07) is 6.86. The topological polar surface area (TPSA) is 103 Å². The monoisotopic (exact) mass is 443 g/mol. The summed E-state index contributed by atoms with van der Waals surface area (Å²) in [6.45, 7) is 4.07. The van der Waals surface area contributed by atoms with Crippen LogP contribution in [-0.4, -0.2) is 30.9 Å². The molecule has 9 heteroatoms. The third-order valence-electron chi connectivity index (χ3n) is 7.16. The second kappa shape index (κ2) is 6.77. The molecule has 3 aromatic heterocycles. The van der Waals surface area contributed by atoms with Crippen molar-refractivity contribution in [2.75, 3.05) is 11.9 Å². The molecule has 1 aromatic carbocycles. The lowest BCUT2D eigenvalue weighted by atomic mass is 10.0. The van der Waals surface area contributed by atoms with Crippen molar-refractivity contribution < 1.29 is 4.42 Å². The molecule has 33 heavy (non-hydrogen) atoms. The number of benzene rings is 1. The summed E-state index contributed by atoms with van der Waals surface area (Å²) in [5, 5.41) is 7.19. The Hall–Kier alpha value is -3.46. The second-order valence-corrected chi connectivity index (χ2v) is 9.73. The van der Waals surface area contributed by atoms with Crippen molar-refractivity contribution in [3.05, 3.63) is 57.8 Å². The van der Waals surface area contributed by atoms with Gasteiger partial charge in [0.2, 0.25) is 5.95 Å². The highest BCUT2D eigenvalue weighted by atomic mass is 16.4. The van der Waals surface area contributed by atoms with Crippen LogP contribution in [0.1, 0.15) is 55.5 Å². The van der Waals surface area contributed by atoms with E-state index in [2.05, 4.69) is 34.7 Å². The van der Waals surface area contributed by atoms with Crippen LogP contribution in [0.3, 0.4) is 0 Å². The molecule has 2 saturated carbocycles. The predicted molar refractivity (Wildman–Crippen MR) is 123 cm³/mol. The highest BCUT2D eigenvalue weighted by Gasteiger charge is 2.42. The maximum atomic E-state index is 13.2. The van der Waals surface area contributed by atoms with E-state index in [1.807, 2.05) is 6.07 Å². The van der Waals surface area contributed by atoms with Crippen molar-refractivity contribution in [2.24, 2.45) is 0 Å². The van der Waals surface area contributed by atoms with Crippen LogP contribution in [-0.2, 0) is 18.4 Å². The SMILES string of the molecule is CC1(c2coc(-n3c4nc(Nc5ccc6c(c5)CCNC6)ncc4c(=O)n3C3CC3)n2)CC1. The number of aromatic nitrogens is 5. The maximum absolute atomic E-state index is 13.2. The predicted octanol–water partition coefficient (Wildman–Crippen LogP) is 3.35. The van der Waals surface area contributed by atoms with Crippen LogP contribution in [0.4, 0.5) is 11.6 Å². The van der Waals surface area contributed by atoms with Crippen molar-refractivity contribution in [2.45, 2.75) is 57.0 Å². The van der Waals surface area contributed by atoms with Crippen LogP contribution in [0.25, 0.3) is 17.0 Å². The van der Waals surface area contributed by atoms with Gasteiger partial charge >= 0.3 is 6.01 Å².